The van der Waals surface area contributed by atoms with Crippen LogP contribution in [-0.2, 0) is 9.63 Å². The van der Waals surface area contributed by atoms with Gasteiger partial charge in [-0.05, 0) is 34.9 Å². The van der Waals surface area contributed by atoms with Gasteiger partial charge in [0.25, 0.3) is 0 Å². The molecular formula is C17H19N3O3. The number of carbonyl (C=O) groups excluding carboxylic acids is 1. The topological polar surface area (TPSA) is 85.6 Å². The van der Waals surface area contributed by atoms with Crippen molar-refractivity contribution in [2.75, 3.05) is 7.11 Å². The molecule has 0 bridgehead atoms. The minimum atomic E-state index is -0.353. The van der Waals surface area contributed by atoms with E-state index >= 15 is 0 Å². The average Bonchev–Trinajstić information content (AvgIpc) is 2.61. The second-order valence-electron chi connectivity index (χ2n) is 4.70. The summed E-state index contributed by atoms with van der Waals surface area (Å²) in [5.74, 6) is 6.24. The molecule has 2 rings (SSSR count). The van der Waals surface area contributed by atoms with E-state index in [1.54, 1.807) is 13.3 Å². The lowest BCUT2D eigenvalue weighted by atomic mass is 10.00. The quantitative estimate of drug-likeness (QED) is 0.394. The van der Waals surface area contributed by atoms with Gasteiger partial charge in [-0.3, -0.25) is 15.1 Å². The van der Waals surface area contributed by atoms with Crippen molar-refractivity contribution in [3.05, 3.63) is 71.4 Å². The molecule has 120 valence electrons. The highest BCUT2D eigenvalue weighted by Gasteiger charge is 2.13. The van der Waals surface area contributed by atoms with Crippen molar-refractivity contribution in [2.45, 2.75) is 6.10 Å². The van der Waals surface area contributed by atoms with Crippen LogP contribution in [0.3, 0.4) is 0 Å². The predicted octanol–water partition coefficient (Wildman–Crippen LogP) is 1.90. The first-order valence-electron chi connectivity index (χ1n) is 6.99. The van der Waals surface area contributed by atoms with E-state index < -0.39 is 0 Å². The SMILES string of the molecule is COc1ccc(C(ON)c2ccc(/C=C/NNC=O)cc2)cc1. The monoisotopic (exact) mass is 313 g/mol. The summed E-state index contributed by atoms with van der Waals surface area (Å²) in [6, 6.07) is 15.3. The molecule has 0 aliphatic rings. The molecular weight excluding hydrogens is 294 g/mol. The molecule has 0 saturated carbocycles. The van der Waals surface area contributed by atoms with Gasteiger partial charge in [0.05, 0.1) is 7.11 Å². The van der Waals surface area contributed by atoms with Crippen LogP contribution >= 0.6 is 0 Å². The minimum Gasteiger partial charge on any atom is -0.497 e. The van der Waals surface area contributed by atoms with E-state index in [2.05, 4.69) is 10.9 Å². The zero-order valence-electron chi connectivity index (χ0n) is 12.7. The summed E-state index contributed by atoms with van der Waals surface area (Å²) < 4.78 is 5.15. The molecule has 6 nitrogen and oxygen atoms in total. The highest BCUT2D eigenvalue weighted by molar-refractivity contribution is 5.51. The molecule has 0 aliphatic heterocycles. The first kappa shape index (κ1) is 16.5. The van der Waals surface area contributed by atoms with Crippen molar-refractivity contribution in [3.63, 3.8) is 0 Å². The van der Waals surface area contributed by atoms with Gasteiger partial charge >= 0.3 is 0 Å². The Morgan fingerprint density at radius 3 is 2.13 bits per heavy atom. The second kappa shape index (κ2) is 8.57. The Morgan fingerprint density at radius 1 is 1.00 bits per heavy atom. The third-order valence-corrected chi connectivity index (χ3v) is 3.30. The van der Waals surface area contributed by atoms with Crippen LogP contribution in [0.2, 0.25) is 0 Å². The Bertz CT molecular complexity index is 639. The maximum absolute atomic E-state index is 10.1. The summed E-state index contributed by atoms with van der Waals surface area (Å²) in [6.07, 6.45) is 3.66. The summed E-state index contributed by atoms with van der Waals surface area (Å²) in [5.41, 5.74) is 7.79. The fraction of sp³-hybridized carbons (Fsp3) is 0.118. The number of nitrogens with two attached hydrogens (primary N) is 1. The standard InChI is InChI=1S/C17H19N3O3/c1-22-16-8-6-15(7-9-16)17(23-18)14-4-2-13(3-5-14)10-11-19-20-12-21/h2-12,17,19H,18H2,1H3,(H,20,21)/b11-10+. The van der Waals surface area contributed by atoms with Gasteiger partial charge in [0.2, 0.25) is 6.41 Å². The number of carbonyl (C=O) groups is 1. The zero-order chi connectivity index (χ0) is 16.5. The first-order chi connectivity index (χ1) is 11.3. The third-order valence-electron chi connectivity index (χ3n) is 3.30. The summed E-state index contributed by atoms with van der Waals surface area (Å²) >= 11 is 0. The van der Waals surface area contributed by atoms with Crippen molar-refractivity contribution in [3.8, 4) is 5.75 Å². The van der Waals surface area contributed by atoms with Crippen LogP contribution in [0.1, 0.15) is 22.8 Å². The van der Waals surface area contributed by atoms with Gasteiger partial charge < -0.3 is 10.2 Å². The zero-order valence-corrected chi connectivity index (χ0v) is 12.7. The molecule has 0 spiro atoms. The van der Waals surface area contributed by atoms with E-state index in [-0.39, 0.29) is 6.10 Å². The lowest BCUT2D eigenvalue weighted by molar-refractivity contribution is -0.110. The number of hydrogen-bond donors (Lipinski definition) is 3. The number of methoxy groups -OCH3 is 1. The molecule has 0 fully saturated rings. The van der Waals surface area contributed by atoms with E-state index in [0.29, 0.717) is 6.41 Å². The van der Waals surface area contributed by atoms with Crippen LogP contribution in [0.4, 0.5) is 0 Å². The molecule has 1 unspecified atom stereocenters. The highest BCUT2D eigenvalue weighted by atomic mass is 16.6. The smallest absolute Gasteiger partial charge is 0.225 e. The fourth-order valence-electron chi connectivity index (χ4n) is 2.13. The molecule has 0 aliphatic carbocycles. The van der Waals surface area contributed by atoms with Gasteiger partial charge in [-0.1, -0.05) is 36.4 Å². The van der Waals surface area contributed by atoms with E-state index in [0.717, 1.165) is 22.4 Å². The minimum absolute atomic E-state index is 0.353. The van der Waals surface area contributed by atoms with Gasteiger partial charge in [-0.25, -0.2) is 5.90 Å². The van der Waals surface area contributed by atoms with Crippen molar-refractivity contribution in [2.24, 2.45) is 5.90 Å². The molecule has 1 amide bonds. The van der Waals surface area contributed by atoms with Crippen LogP contribution in [0.5, 0.6) is 5.75 Å². The van der Waals surface area contributed by atoms with Crippen LogP contribution < -0.4 is 21.5 Å². The lowest BCUT2D eigenvalue weighted by Crippen LogP contribution is -2.24. The van der Waals surface area contributed by atoms with Gasteiger partial charge in [-0.15, -0.1) is 0 Å². The van der Waals surface area contributed by atoms with Crippen molar-refractivity contribution in [1.29, 1.82) is 0 Å². The van der Waals surface area contributed by atoms with Crippen LogP contribution in [0.15, 0.2) is 54.7 Å². The Labute approximate surface area is 134 Å². The van der Waals surface area contributed by atoms with Gasteiger partial charge in [-0.2, -0.15) is 0 Å². The van der Waals surface area contributed by atoms with Crippen LogP contribution in [-0.4, -0.2) is 13.5 Å². The Balaban J connectivity index is 2.11. The second-order valence-corrected chi connectivity index (χ2v) is 4.70. The normalized spacial score (nSPS) is 11.9. The van der Waals surface area contributed by atoms with Crippen LogP contribution in [0, 0.1) is 0 Å². The summed E-state index contributed by atoms with van der Waals surface area (Å²) in [7, 11) is 1.62. The largest absolute Gasteiger partial charge is 0.497 e. The summed E-state index contributed by atoms with van der Waals surface area (Å²) in [6.45, 7) is 0. The summed E-state index contributed by atoms with van der Waals surface area (Å²) in [5, 5.41) is 0. The highest BCUT2D eigenvalue weighted by Crippen LogP contribution is 2.26. The number of ether oxygens (including phenoxy) is 1. The maximum Gasteiger partial charge on any atom is 0.225 e. The number of nitrogens with one attached hydrogen (secondary N) is 2. The van der Waals surface area contributed by atoms with Gasteiger partial charge in [0, 0.05) is 6.20 Å². The molecule has 6 heteroatoms. The van der Waals surface area contributed by atoms with E-state index in [1.165, 1.54) is 0 Å². The van der Waals surface area contributed by atoms with Gasteiger partial charge in [0.15, 0.2) is 0 Å². The first-order valence-corrected chi connectivity index (χ1v) is 6.99. The number of benzene rings is 2. The number of hydrogen-bond acceptors (Lipinski definition) is 5. The Morgan fingerprint density at radius 2 is 1.61 bits per heavy atom. The number of rotatable bonds is 8. The van der Waals surface area contributed by atoms with E-state index in [4.69, 9.17) is 15.5 Å². The van der Waals surface area contributed by atoms with Crippen LogP contribution in [0.25, 0.3) is 6.08 Å². The molecule has 2 aromatic carbocycles. The van der Waals surface area contributed by atoms with E-state index in [1.807, 2.05) is 54.6 Å². The number of hydrazine groups is 1. The average molecular weight is 313 g/mol. The van der Waals surface area contributed by atoms with Crippen molar-refractivity contribution < 1.29 is 14.4 Å². The molecule has 0 saturated heterocycles. The predicted molar refractivity (Wildman–Crippen MR) is 87.9 cm³/mol. The molecule has 0 heterocycles. The van der Waals surface area contributed by atoms with Gasteiger partial charge in [0.1, 0.15) is 11.9 Å². The molecule has 23 heavy (non-hydrogen) atoms. The molecule has 1 atom stereocenters. The third kappa shape index (κ3) is 4.57. The fourth-order valence-corrected chi connectivity index (χ4v) is 2.13. The van der Waals surface area contributed by atoms with Crippen molar-refractivity contribution in [1.82, 2.24) is 10.9 Å². The molecule has 4 N–H and O–H groups in total. The van der Waals surface area contributed by atoms with Crippen molar-refractivity contribution >= 4 is 12.5 Å². The molecule has 2 aromatic rings. The molecule has 0 aromatic heterocycles. The molecule has 0 radical (unpaired) electrons. The van der Waals surface area contributed by atoms with E-state index in [9.17, 15) is 4.79 Å². The Hall–Kier alpha value is -2.83. The lowest BCUT2D eigenvalue weighted by Gasteiger charge is -2.16. The maximum atomic E-state index is 10.1. The summed E-state index contributed by atoms with van der Waals surface area (Å²) in [4.78, 5) is 15.2. The number of amides is 1. The Kier molecular flexibility index (Phi) is 6.17.